The van der Waals surface area contributed by atoms with Crippen molar-refractivity contribution in [3.05, 3.63) is 33.3 Å². The maximum atomic E-state index is 13.3. The van der Waals surface area contributed by atoms with Crippen LogP contribution in [0.3, 0.4) is 0 Å². The highest BCUT2D eigenvalue weighted by Gasteiger charge is 2.40. The number of ketones is 1. The molecule has 2 atom stereocenters. The Hall–Kier alpha value is -0.850. The number of Topliss-reactive ketones (excluding diaryl/α,β-unsaturated/α-hetero) is 1. The van der Waals surface area contributed by atoms with Gasteiger partial charge < -0.3 is 14.5 Å². The van der Waals surface area contributed by atoms with Crippen molar-refractivity contribution in [2.75, 3.05) is 39.4 Å². The number of ether oxygens (including phenoxy) is 1. The predicted octanol–water partition coefficient (Wildman–Crippen LogP) is 3.41. The Bertz CT molecular complexity index is 737. The van der Waals surface area contributed by atoms with Gasteiger partial charge in [-0.15, -0.1) is 12.4 Å². The second kappa shape index (κ2) is 8.66. The van der Waals surface area contributed by atoms with Gasteiger partial charge in [-0.3, -0.25) is 9.59 Å². The van der Waals surface area contributed by atoms with Gasteiger partial charge in [0, 0.05) is 25.1 Å². The molecule has 27 heavy (non-hydrogen) atoms. The molecular weight excluding hydrogens is 411 g/mol. The van der Waals surface area contributed by atoms with Gasteiger partial charge in [-0.2, -0.15) is 0 Å². The smallest absolute Gasteiger partial charge is 0.231 e. The van der Waals surface area contributed by atoms with Crippen LogP contribution < -0.4 is 0 Å². The topological polar surface area (TPSA) is 49.9 Å². The Balaban J connectivity index is 0.00000210. The van der Waals surface area contributed by atoms with Crippen LogP contribution >= 0.6 is 35.6 Å². The number of fused-ring (bicyclic) bond motifs is 1. The molecule has 148 valence electrons. The van der Waals surface area contributed by atoms with Gasteiger partial charge >= 0.3 is 0 Å². The zero-order chi connectivity index (χ0) is 18.3. The quantitative estimate of drug-likeness (QED) is 0.733. The molecule has 0 N–H and O–H groups in total. The van der Waals surface area contributed by atoms with Crippen LogP contribution in [0.4, 0.5) is 0 Å². The molecule has 1 amide bonds. The Morgan fingerprint density at radius 1 is 1.15 bits per heavy atom. The largest absolute Gasteiger partial charge is 0.377 e. The maximum Gasteiger partial charge on any atom is 0.231 e. The lowest BCUT2D eigenvalue weighted by Gasteiger charge is -2.39. The number of likely N-dealkylation sites (tertiary alicyclic amines) is 1. The summed E-state index contributed by atoms with van der Waals surface area (Å²) in [7, 11) is 0. The van der Waals surface area contributed by atoms with E-state index in [4.69, 9.17) is 27.9 Å². The highest BCUT2D eigenvalue weighted by molar-refractivity contribution is 6.42. The van der Waals surface area contributed by atoms with Crippen molar-refractivity contribution in [2.24, 2.45) is 0 Å². The molecule has 0 bridgehead atoms. The van der Waals surface area contributed by atoms with Crippen molar-refractivity contribution in [1.29, 1.82) is 0 Å². The lowest BCUT2D eigenvalue weighted by molar-refractivity contribution is -0.142. The van der Waals surface area contributed by atoms with Crippen molar-refractivity contribution in [3.8, 4) is 0 Å². The highest BCUT2D eigenvalue weighted by atomic mass is 35.5. The third kappa shape index (κ3) is 4.13. The molecule has 4 rings (SSSR count). The molecule has 0 aromatic heterocycles. The van der Waals surface area contributed by atoms with E-state index < -0.39 is 5.92 Å². The van der Waals surface area contributed by atoms with Gasteiger partial charge in [0.1, 0.15) is 0 Å². The number of hydrogen-bond donors (Lipinski definition) is 0. The SMILES string of the molecule is Cl.O=C1CC(C(=O)N2CCOCC2CN2CCCC2)c2cc(Cl)c(Cl)cc21. The molecule has 1 aromatic carbocycles. The molecule has 5 nitrogen and oxygen atoms in total. The van der Waals surface area contributed by atoms with Crippen LogP contribution in [0.1, 0.15) is 41.1 Å². The van der Waals surface area contributed by atoms with E-state index in [9.17, 15) is 9.59 Å². The molecule has 2 saturated heterocycles. The van der Waals surface area contributed by atoms with Crippen molar-refractivity contribution in [1.82, 2.24) is 9.80 Å². The molecule has 0 saturated carbocycles. The van der Waals surface area contributed by atoms with E-state index in [0.717, 1.165) is 19.6 Å². The minimum atomic E-state index is -0.466. The van der Waals surface area contributed by atoms with Gasteiger partial charge in [-0.1, -0.05) is 23.2 Å². The summed E-state index contributed by atoms with van der Waals surface area (Å²) < 4.78 is 5.63. The Kier molecular flexibility index (Phi) is 6.70. The van der Waals surface area contributed by atoms with E-state index in [-0.39, 0.29) is 36.6 Å². The number of morpholine rings is 1. The number of hydrogen-bond acceptors (Lipinski definition) is 4. The number of benzene rings is 1. The summed E-state index contributed by atoms with van der Waals surface area (Å²) in [6.07, 6.45) is 2.62. The highest BCUT2D eigenvalue weighted by Crippen LogP contribution is 2.39. The maximum absolute atomic E-state index is 13.3. The van der Waals surface area contributed by atoms with E-state index in [0.29, 0.717) is 40.9 Å². The van der Waals surface area contributed by atoms with Crippen molar-refractivity contribution in [3.63, 3.8) is 0 Å². The monoisotopic (exact) mass is 432 g/mol. The average molecular weight is 434 g/mol. The standard InChI is InChI=1S/C19H22Cl2N2O3.ClH/c20-16-7-13-14(8-17(16)21)18(24)9-15(13)19(25)23-5-6-26-11-12(23)10-22-3-1-2-4-22;/h7-8,12,15H,1-6,9-11H2;1H. The molecule has 1 aromatic rings. The lowest BCUT2D eigenvalue weighted by atomic mass is 9.98. The number of rotatable bonds is 3. The fourth-order valence-electron chi connectivity index (χ4n) is 4.28. The number of halogens is 3. The third-order valence-electron chi connectivity index (χ3n) is 5.63. The molecule has 0 radical (unpaired) electrons. The first-order valence-corrected chi connectivity index (χ1v) is 9.93. The zero-order valence-corrected chi connectivity index (χ0v) is 17.3. The number of carbonyl (C=O) groups is 2. The summed E-state index contributed by atoms with van der Waals surface area (Å²) in [5.74, 6) is -0.504. The number of nitrogens with zero attached hydrogens (tertiary/aromatic N) is 2. The van der Waals surface area contributed by atoms with Crippen molar-refractivity contribution < 1.29 is 14.3 Å². The van der Waals surface area contributed by atoms with Crippen LogP contribution in [0.5, 0.6) is 0 Å². The Labute approximate surface area is 175 Å². The minimum Gasteiger partial charge on any atom is -0.377 e. The second-order valence-corrected chi connectivity index (χ2v) is 8.12. The first-order chi connectivity index (χ1) is 12.5. The van der Waals surface area contributed by atoms with E-state index in [1.807, 2.05) is 4.90 Å². The summed E-state index contributed by atoms with van der Waals surface area (Å²) >= 11 is 12.2. The van der Waals surface area contributed by atoms with Gasteiger partial charge in [-0.25, -0.2) is 0 Å². The van der Waals surface area contributed by atoms with E-state index in [2.05, 4.69) is 4.90 Å². The number of carbonyl (C=O) groups excluding carboxylic acids is 2. The molecule has 0 spiro atoms. The van der Waals surface area contributed by atoms with Gasteiger partial charge in [0.25, 0.3) is 0 Å². The summed E-state index contributed by atoms with van der Waals surface area (Å²) in [5, 5.41) is 0.735. The van der Waals surface area contributed by atoms with Crippen molar-refractivity contribution in [2.45, 2.75) is 31.2 Å². The number of amides is 1. The minimum absolute atomic E-state index is 0. The molecule has 1 aliphatic carbocycles. The van der Waals surface area contributed by atoms with Gasteiger partial charge in [-0.05, 0) is 43.6 Å². The third-order valence-corrected chi connectivity index (χ3v) is 6.36. The first kappa shape index (κ1) is 20.9. The van der Waals surface area contributed by atoms with Gasteiger partial charge in [0.15, 0.2) is 5.78 Å². The fraction of sp³-hybridized carbons (Fsp3) is 0.579. The van der Waals surface area contributed by atoms with E-state index in [1.165, 1.54) is 12.8 Å². The fourth-order valence-corrected chi connectivity index (χ4v) is 4.61. The Morgan fingerprint density at radius 2 is 1.85 bits per heavy atom. The zero-order valence-electron chi connectivity index (χ0n) is 15.0. The summed E-state index contributed by atoms with van der Waals surface area (Å²) in [4.78, 5) is 30.0. The average Bonchev–Trinajstić information content (AvgIpc) is 3.24. The van der Waals surface area contributed by atoms with Crippen LogP contribution in [0.25, 0.3) is 0 Å². The predicted molar refractivity (Wildman–Crippen MR) is 107 cm³/mol. The van der Waals surface area contributed by atoms with Gasteiger partial charge in [0.2, 0.25) is 5.91 Å². The summed E-state index contributed by atoms with van der Waals surface area (Å²) in [6, 6.07) is 3.31. The second-order valence-electron chi connectivity index (χ2n) is 7.30. The lowest BCUT2D eigenvalue weighted by Crippen LogP contribution is -2.54. The molecular formula is C19H23Cl3N2O3. The molecule has 8 heteroatoms. The van der Waals surface area contributed by atoms with Gasteiger partial charge in [0.05, 0.1) is 35.2 Å². The van der Waals surface area contributed by atoms with Crippen LogP contribution in [0.15, 0.2) is 12.1 Å². The summed E-state index contributed by atoms with van der Waals surface area (Å²) in [6.45, 7) is 4.66. The van der Waals surface area contributed by atoms with E-state index in [1.54, 1.807) is 12.1 Å². The molecule has 2 fully saturated rings. The molecule has 2 aliphatic heterocycles. The first-order valence-electron chi connectivity index (χ1n) is 9.17. The molecule has 2 heterocycles. The molecule has 2 unspecified atom stereocenters. The Morgan fingerprint density at radius 3 is 2.59 bits per heavy atom. The normalized spacial score (nSPS) is 25.4. The van der Waals surface area contributed by atoms with E-state index >= 15 is 0 Å². The van der Waals surface area contributed by atoms with Crippen molar-refractivity contribution >= 4 is 47.3 Å². The van der Waals surface area contributed by atoms with Crippen LogP contribution in [-0.2, 0) is 9.53 Å². The summed E-state index contributed by atoms with van der Waals surface area (Å²) in [5.41, 5.74) is 1.24. The van der Waals surface area contributed by atoms with Crippen LogP contribution in [0, 0.1) is 0 Å². The molecule has 3 aliphatic rings. The van der Waals surface area contributed by atoms with Crippen LogP contribution in [0.2, 0.25) is 10.0 Å². The van der Waals surface area contributed by atoms with Crippen LogP contribution in [-0.4, -0.2) is 66.9 Å².